The Labute approximate surface area is 321 Å². The van der Waals surface area contributed by atoms with E-state index >= 15 is 0 Å². The minimum atomic E-state index is -4.85. The summed E-state index contributed by atoms with van der Waals surface area (Å²) >= 11 is 1.47. The van der Waals surface area contributed by atoms with Crippen LogP contribution in [0.25, 0.3) is 11.1 Å². The summed E-state index contributed by atoms with van der Waals surface area (Å²) in [6.07, 6.45) is -0.988. The monoisotopic (exact) mass is 789 g/mol. The summed E-state index contributed by atoms with van der Waals surface area (Å²) in [4.78, 5) is 34.3. The van der Waals surface area contributed by atoms with Crippen molar-refractivity contribution in [1.29, 1.82) is 0 Å². The van der Waals surface area contributed by atoms with E-state index in [0.717, 1.165) is 39.4 Å². The van der Waals surface area contributed by atoms with E-state index in [1.54, 1.807) is 29.3 Å². The van der Waals surface area contributed by atoms with Gasteiger partial charge in [0.25, 0.3) is 15.9 Å². The summed E-state index contributed by atoms with van der Waals surface area (Å²) in [5, 5.41) is 12.6. The molecule has 55 heavy (non-hydrogen) atoms. The Morgan fingerprint density at radius 3 is 2.27 bits per heavy atom. The summed E-state index contributed by atoms with van der Waals surface area (Å²) < 4.78 is 70.0. The van der Waals surface area contributed by atoms with Gasteiger partial charge < -0.3 is 20.2 Å². The molecule has 0 atom stereocenters. The van der Waals surface area contributed by atoms with Gasteiger partial charge in [-0.2, -0.15) is 13.2 Å². The van der Waals surface area contributed by atoms with Crippen LogP contribution in [0.15, 0.2) is 125 Å². The Balaban J connectivity index is 1.01. The lowest BCUT2D eigenvalue weighted by Crippen LogP contribution is -2.48. The predicted octanol–water partition coefficient (Wildman–Crippen LogP) is 7.08. The lowest BCUT2D eigenvalue weighted by atomic mass is 9.97. The second-order valence-electron chi connectivity index (χ2n) is 12.7. The highest BCUT2D eigenvalue weighted by atomic mass is 32.2. The van der Waals surface area contributed by atoms with Crippen molar-refractivity contribution in [2.75, 3.05) is 48.7 Å². The van der Waals surface area contributed by atoms with Gasteiger partial charge in [-0.1, -0.05) is 42.5 Å². The Hall–Kier alpha value is -5.54. The molecule has 1 aliphatic heterocycles. The maximum Gasteiger partial charge on any atom is 0.418 e. The number of nitrogens with one attached hydrogen (secondary N) is 2. The molecule has 1 saturated heterocycles. The van der Waals surface area contributed by atoms with E-state index in [0.29, 0.717) is 50.8 Å². The van der Waals surface area contributed by atoms with Gasteiger partial charge in [-0.25, -0.2) is 13.1 Å². The van der Waals surface area contributed by atoms with Crippen molar-refractivity contribution in [3.63, 3.8) is 0 Å². The largest absolute Gasteiger partial charge is 0.506 e. The van der Waals surface area contributed by atoms with Crippen molar-refractivity contribution < 1.29 is 36.3 Å². The lowest BCUT2D eigenvalue weighted by Gasteiger charge is -2.36. The Morgan fingerprint density at radius 2 is 1.56 bits per heavy atom. The van der Waals surface area contributed by atoms with Gasteiger partial charge in [0.1, 0.15) is 5.75 Å². The molecule has 286 valence electrons. The molecule has 5 aromatic rings. The third kappa shape index (κ3) is 10.2. The summed E-state index contributed by atoms with van der Waals surface area (Å²) in [6, 6.07) is 27.5. The number of rotatable bonds is 13. The summed E-state index contributed by atoms with van der Waals surface area (Å²) in [5.41, 5.74) is 1.99. The van der Waals surface area contributed by atoms with Gasteiger partial charge in [-0.3, -0.25) is 14.6 Å². The van der Waals surface area contributed by atoms with Crippen LogP contribution in [0.4, 0.5) is 24.5 Å². The van der Waals surface area contributed by atoms with Crippen molar-refractivity contribution in [3.05, 3.63) is 132 Å². The van der Waals surface area contributed by atoms with E-state index in [1.165, 1.54) is 30.1 Å². The Kier molecular flexibility index (Phi) is 12.3. The number of sulfonamides is 1. The molecule has 3 N–H and O–H groups in total. The number of pyridine rings is 1. The predicted molar refractivity (Wildman–Crippen MR) is 207 cm³/mol. The number of nitrogens with zero attached hydrogens (tertiary/aromatic N) is 3. The van der Waals surface area contributed by atoms with Gasteiger partial charge in [-0.15, -0.1) is 11.8 Å². The van der Waals surface area contributed by atoms with Crippen LogP contribution in [0.5, 0.6) is 5.75 Å². The number of aryl methyl sites for hydroxylation is 1. The summed E-state index contributed by atoms with van der Waals surface area (Å²) in [5.74, 6) is -0.432. The number of alkyl halides is 3. The van der Waals surface area contributed by atoms with E-state index in [9.17, 15) is 36.3 Å². The van der Waals surface area contributed by atoms with Crippen molar-refractivity contribution >= 4 is 45.0 Å². The van der Waals surface area contributed by atoms with Crippen LogP contribution in [0.3, 0.4) is 0 Å². The van der Waals surface area contributed by atoms with Crippen molar-refractivity contribution in [1.82, 2.24) is 14.6 Å². The Morgan fingerprint density at radius 1 is 0.855 bits per heavy atom. The maximum atomic E-state index is 14.0. The average Bonchev–Trinajstić information content (AvgIpc) is 3.18. The van der Waals surface area contributed by atoms with Crippen molar-refractivity contribution in [2.24, 2.45) is 0 Å². The number of carbonyl (C=O) groups is 2. The molecule has 0 unspecified atom stereocenters. The fourth-order valence-corrected chi connectivity index (χ4v) is 8.01. The van der Waals surface area contributed by atoms with Crippen LogP contribution in [-0.2, 0) is 27.4 Å². The van der Waals surface area contributed by atoms with E-state index in [1.807, 2.05) is 64.2 Å². The number of thioether (sulfide) groups is 1. The van der Waals surface area contributed by atoms with Crippen molar-refractivity contribution in [3.8, 4) is 16.9 Å². The number of halogens is 3. The molecule has 4 aromatic carbocycles. The number of piperazine rings is 1. The topological polar surface area (TPSA) is 132 Å². The second-order valence-corrected chi connectivity index (χ2v) is 15.6. The van der Waals surface area contributed by atoms with E-state index < -0.39 is 32.6 Å². The molecule has 10 nitrogen and oxygen atoms in total. The molecule has 2 amide bonds. The average molecular weight is 790 g/mol. The zero-order valence-electron chi connectivity index (χ0n) is 29.5. The zero-order chi connectivity index (χ0) is 39.0. The van der Waals surface area contributed by atoms with E-state index in [2.05, 4.69) is 10.3 Å². The van der Waals surface area contributed by atoms with Gasteiger partial charge in [0, 0.05) is 78.5 Å². The molecule has 0 radical (unpaired) electrons. The molecule has 1 aromatic heterocycles. The van der Waals surface area contributed by atoms with Gasteiger partial charge in [-0.05, 0) is 78.2 Å². The number of aromatic hydroxyl groups is 1. The molecule has 1 aliphatic rings. The van der Waals surface area contributed by atoms with Gasteiger partial charge in [0.2, 0.25) is 5.91 Å². The first-order valence-corrected chi connectivity index (χ1v) is 19.9. The number of benzene rings is 4. The number of amides is 2. The van der Waals surface area contributed by atoms with Crippen LogP contribution < -0.4 is 14.9 Å². The van der Waals surface area contributed by atoms with Crippen LogP contribution >= 0.6 is 11.8 Å². The molecule has 15 heteroatoms. The number of carbonyl (C=O) groups excluding carboxylic acids is 2. The van der Waals surface area contributed by atoms with Crippen molar-refractivity contribution in [2.45, 2.75) is 28.8 Å². The second kappa shape index (κ2) is 17.3. The third-order valence-corrected chi connectivity index (χ3v) is 11.4. The summed E-state index contributed by atoms with van der Waals surface area (Å²) in [7, 11) is -4.65. The van der Waals surface area contributed by atoms with Crippen LogP contribution in [0.1, 0.15) is 27.9 Å². The maximum absolute atomic E-state index is 14.0. The van der Waals surface area contributed by atoms with E-state index in [4.69, 9.17) is 0 Å². The van der Waals surface area contributed by atoms with Crippen LogP contribution in [0, 0.1) is 0 Å². The zero-order valence-corrected chi connectivity index (χ0v) is 31.1. The molecular weight excluding hydrogens is 752 g/mol. The standard InChI is InChI=1S/C40H38F3N5O5S2/c41-40(42,43)36-25-34(15-16-37(36)45-18-23-54-33-7-2-1-3-8-33)55(52,53)46-39(51)29-10-13-31(14-11-29)47-19-21-48(22-20-47)38(50)17-12-28-6-4-5-9-35(28)30-24-32(49)27-44-26-30/h1-11,13-16,24-27,45,49H,12,17-23H2,(H,46,51). The summed E-state index contributed by atoms with van der Waals surface area (Å²) in [6.45, 7) is 2.24. The number of hydrogen-bond donors (Lipinski definition) is 3. The van der Waals surface area contributed by atoms with Gasteiger partial charge in [0.05, 0.1) is 16.7 Å². The first-order chi connectivity index (χ1) is 26.4. The Bertz CT molecular complexity index is 2230. The molecule has 2 heterocycles. The van der Waals surface area contributed by atoms with Gasteiger partial charge >= 0.3 is 6.18 Å². The van der Waals surface area contributed by atoms with E-state index in [-0.39, 0.29) is 29.5 Å². The number of hydrogen-bond acceptors (Lipinski definition) is 9. The highest BCUT2D eigenvalue weighted by Crippen LogP contribution is 2.36. The minimum absolute atomic E-state index is 0.00756. The highest BCUT2D eigenvalue weighted by Gasteiger charge is 2.35. The molecule has 0 saturated carbocycles. The van der Waals surface area contributed by atoms with Crippen LogP contribution in [0.2, 0.25) is 0 Å². The molecule has 0 bridgehead atoms. The lowest BCUT2D eigenvalue weighted by molar-refractivity contribution is -0.137. The molecule has 0 spiro atoms. The normalized spacial score (nSPS) is 13.4. The fourth-order valence-electron chi connectivity index (χ4n) is 6.22. The SMILES string of the molecule is O=C(NS(=O)(=O)c1ccc(NCCSc2ccccc2)c(C(F)(F)F)c1)c1ccc(N2CCN(C(=O)CCc3ccccc3-c3cncc(O)c3)CC2)cc1. The van der Waals surface area contributed by atoms with Crippen LogP contribution in [-0.4, -0.2) is 73.7 Å². The molecular formula is C40H38F3N5O5S2. The highest BCUT2D eigenvalue weighted by molar-refractivity contribution is 7.99. The smallest absolute Gasteiger partial charge is 0.418 e. The quantitative estimate of drug-likeness (QED) is 0.0847. The molecule has 1 fully saturated rings. The molecule has 6 rings (SSSR count). The van der Waals surface area contributed by atoms with Gasteiger partial charge in [0.15, 0.2) is 0 Å². The fraction of sp³-hybridized carbons (Fsp3) is 0.225. The first-order valence-electron chi connectivity index (χ1n) is 17.4. The number of anilines is 2. The first kappa shape index (κ1) is 39.2. The number of aromatic nitrogens is 1. The minimum Gasteiger partial charge on any atom is -0.506 e. The third-order valence-electron chi connectivity index (χ3n) is 9.05. The molecule has 0 aliphatic carbocycles.